The lowest BCUT2D eigenvalue weighted by Crippen LogP contribution is -2.48. The molecule has 1 aromatic carbocycles. The third-order valence-corrected chi connectivity index (χ3v) is 6.69. The molecular weight excluding hydrogens is 355 g/mol. The van der Waals surface area contributed by atoms with Crippen LogP contribution in [0.15, 0.2) is 17.0 Å². The first-order valence-corrected chi connectivity index (χ1v) is 9.32. The van der Waals surface area contributed by atoms with Crippen molar-refractivity contribution in [3.05, 3.63) is 27.2 Å². The summed E-state index contributed by atoms with van der Waals surface area (Å²) in [6.07, 6.45) is 1.77. The smallest absolute Gasteiger partial charge is 0.246 e. The SMILES string of the molecule is CCN(C1CCCNC1)S(=O)(=O)c1c(Cl)cc(Cl)cc1Cl. The third-order valence-electron chi connectivity index (χ3n) is 3.52. The van der Waals surface area contributed by atoms with E-state index in [9.17, 15) is 8.42 Å². The van der Waals surface area contributed by atoms with Gasteiger partial charge in [-0.1, -0.05) is 41.7 Å². The summed E-state index contributed by atoms with van der Waals surface area (Å²) >= 11 is 18.0. The number of hydrogen-bond donors (Lipinski definition) is 1. The van der Waals surface area contributed by atoms with E-state index in [1.54, 1.807) is 0 Å². The molecule has 0 aliphatic carbocycles. The molecule has 0 radical (unpaired) electrons. The highest BCUT2D eigenvalue weighted by atomic mass is 35.5. The summed E-state index contributed by atoms with van der Waals surface area (Å²) in [4.78, 5) is -0.0670. The summed E-state index contributed by atoms with van der Waals surface area (Å²) in [6.45, 7) is 3.72. The second-order valence-electron chi connectivity index (χ2n) is 4.91. The zero-order chi connectivity index (χ0) is 15.6. The molecule has 1 N–H and O–H groups in total. The van der Waals surface area contributed by atoms with Gasteiger partial charge in [0.25, 0.3) is 0 Å². The van der Waals surface area contributed by atoms with E-state index in [0.717, 1.165) is 19.4 Å². The molecule has 0 bridgehead atoms. The fourth-order valence-electron chi connectivity index (χ4n) is 2.60. The number of nitrogens with one attached hydrogen (secondary N) is 1. The second kappa shape index (κ2) is 7.02. The number of likely N-dealkylation sites (N-methyl/N-ethyl adjacent to an activating group) is 1. The Morgan fingerprint density at radius 3 is 2.38 bits per heavy atom. The quantitative estimate of drug-likeness (QED) is 0.882. The number of piperidine rings is 1. The maximum absolute atomic E-state index is 12.9. The Labute approximate surface area is 140 Å². The van der Waals surface area contributed by atoms with E-state index < -0.39 is 10.0 Å². The molecule has 1 heterocycles. The van der Waals surface area contributed by atoms with Gasteiger partial charge in [0.2, 0.25) is 10.0 Å². The zero-order valence-electron chi connectivity index (χ0n) is 11.6. The monoisotopic (exact) mass is 370 g/mol. The molecule has 0 spiro atoms. The van der Waals surface area contributed by atoms with Crippen molar-refractivity contribution in [2.75, 3.05) is 19.6 Å². The van der Waals surface area contributed by atoms with Crippen molar-refractivity contribution in [3.8, 4) is 0 Å². The van der Waals surface area contributed by atoms with Crippen molar-refractivity contribution in [3.63, 3.8) is 0 Å². The molecule has 1 aliphatic heterocycles. The van der Waals surface area contributed by atoms with Crippen LogP contribution in [0.1, 0.15) is 19.8 Å². The fraction of sp³-hybridized carbons (Fsp3) is 0.538. The first kappa shape index (κ1) is 17.3. The first-order valence-electron chi connectivity index (χ1n) is 6.75. The van der Waals surface area contributed by atoms with E-state index in [4.69, 9.17) is 34.8 Å². The van der Waals surface area contributed by atoms with E-state index in [0.29, 0.717) is 18.1 Å². The number of benzene rings is 1. The van der Waals surface area contributed by atoms with Gasteiger partial charge < -0.3 is 5.32 Å². The van der Waals surface area contributed by atoms with Gasteiger partial charge in [0.05, 0.1) is 10.0 Å². The first-order chi connectivity index (χ1) is 9.87. The van der Waals surface area contributed by atoms with Gasteiger partial charge in [0, 0.05) is 24.2 Å². The lowest BCUT2D eigenvalue weighted by Gasteiger charge is -2.33. The molecule has 1 aliphatic rings. The van der Waals surface area contributed by atoms with Crippen molar-refractivity contribution in [1.29, 1.82) is 0 Å². The number of hydrogen-bond acceptors (Lipinski definition) is 3. The van der Waals surface area contributed by atoms with E-state index >= 15 is 0 Å². The average molecular weight is 372 g/mol. The highest BCUT2D eigenvalue weighted by molar-refractivity contribution is 7.89. The largest absolute Gasteiger partial charge is 0.315 e. The standard InChI is InChI=1S/C13H17Cl3N2O2S/c1-2-18(10-4-3-5-17-8-10)21(19,20)13-11(15)6-9(14)7-12(13)16/h6-7,10,17H,2-5,8H2,1H3. The van der Waals surface area contributed by atoms with Gasteiger partial charge in [-0.25, -0.2) is 8.42 Å². The van der Waals surface area contributed by atoms with Gasteiger partial charge in [0.1, 0.15) is 4.90 Å². The fourth-order valence-corrected chi connectivity index (χ4v) is 5.76. The summed E-state index contributed by atoms with van der Waals surface area (Å²) in [5, 5.41) is 3.63. The van der Waals surface area contributed by atoms with Crippen molar-refractivity contribution in [1.82, 2.24) is 9.62 Å². The topological polar surface area (TPSA) is 49.4 Å². The van der Waals surface area contributed by atoms with Crippen molar-refractivity contribution in [2.45, 2.75) is 30.7 Å². The molecule has 1 fully saturated rings. The molecule has 0 aromatic heterocycles. The highest BCUT2D eigenvalue weighted by Gasteiger charge is 2.34. The molecule has 0 saturated carbocycles. The molecule has 0 amide bonds. The van der Waals surface area contributed by atoms with E-state index in [1.807, 2.05) is 6.92 Å². The second-order valence-corrected chi connectivity index (χ2v) is 7.99. The van der Waals surface area contributed by atoms with Crippen LogP contribution in [-0.2, 0) is 10.0 Å². The van der Waals surface area contributed by atoms with Gasteiger partial charge in [-0.2, -0.15) is 4.31 Å². The summed E-state index contributed by atoms with van der Waals surface area (Å²) in [6, 6.07) is 2.71. The number of nitrogens with zero attached hydrogens (tertiary/aromatic N) is 1. The minimum Gasteiger partial charge on any atom is -0.315 e. The Bertz CT molecular complexity index is 593. The summed E-state index contributed by atoms with van der Waals surface area (Å²) in [5.74, 6) is 0. The van der Waals surface area contributed by atoms with Crippen molar-refractivity contribution in [2.24, 2.45) is 0 Å². The van der Waals surface area contributed by atoms with Gasteiger partial charge in [-0.15, -0.1) is 0 Å². The summed E-state index contributed by atoms with van der Waals surface area (Å²) in [5.41, 5.74) is 0. The molecule has 1 unspecified atom stereocenters. The minimum atomic E-state index is -3.76. The van der Waals surface area contributed by atoms with Crippen LogP contribution in [0, 0.1) is 0 Å². The van der Waals surface area contributed by atoms with Gasteiger partial charge in [-0.3, -0.25) is 0 Å². The molecule has 21 heavy (non-hydrogen) atoms. The average Bonchev–Trinajstić information content (AvgIpc) is 2.38. The van der Waals surface area contributed by atoms with Crippen LogP contribution >= 0.6 is 34.8 Å². The lowest BCUT2D eigenvalue weighted by atomic mass is 10.1. The van der Waals surface area contributed by atoms with Gasteiger partial charge in [0.15, 0.2) is 0 Å². The number of sulfonamides is 1. The Kier molecular flexibility index (Phi) is 5.79. The predicted molar refractivity (Wildman–Crippen MR) is 86.9 cm³/mol. The van der Waals surface area contributed by atoms with Crippen LogP contribution in [0.5, 0.6) is 0 Å². The van der Waals surface area contributed by atoms with Crippen molar-refractivity contribution < 1.29 is 8.42 Å². The molecule has 1 aromatic rings. The molecule has 1 atom stereocenters. The number of rotatable bonds is 4. The van der Waals surface area contributed by atoms with Gasteiger partial charge >= 0.3 is 0 Å². The Morgan fingerprint density at radius 1 is 1.29 bits per heavy atom. The predicted octanol–water partition coefficient (Wildman–Crippen LogP) is 3.41. The van der Waals surface area contributed by atoms with Crippen LogP contribution in [0.25, 0.3) is 0 Å². The van der Waals surface area contributed by atoms with Crippen LogP contribution in [-0.4, -0.2) is 38.4 Å². The third kappa shape index (κ3) is 3.66. The highest BCUT2D eigenvalue weighted by Crippen LogP contribution is 2.35. The van der Waals surface area contributed by atoms with Crippen LogP contribution in [0.4, 0.5) is 0 Å². The molecular formula is C13H17Cl3N2O2S. The lowest BCUT2D eigenvalue weighted by molar-refractivity contribution is 0.274. The normalized spacial score (nSPS) is 20.0. The zero-order valence-corrected chi connectivity index (χ0v) is 14.7. The van der Waals surface area contributed by atoms with Gasteiger partial charge in [-0.05, 0) is 31.5 Å². The van der Waals surface area contributed by atoms with E-state index in [1.165, 1.54) is 16.4 Å². The summed E-state index contributed by atoms with van der Waals surface area (Å²) < 4.78 is 27.3. The summed E-state index contributed by atoms with van der Waals surface area (Å²) in [7, 11) is -3.76. The molecule has 2 rings (SSSR count). The Hall–Kier alpha value is -0.0400. The number of halogens is 3. The molecule has 8 heteroatoms. The van der Waals surface area contributed by atoms with Crippen molar-refractivity contribution >= 4 is 44.8 Å². The maximum Gasteiger partial charge on any atom is 0.246 e. The van der Waals surface area contributed by atoms with E-state index in [2.05, 4.69) is 5.32 Å². The van der Waals surface area contributed by atoms with Crippen LogP contribution in [0.3, 0.4) is 0 Å². The van der Waals surface area contributed by atoms with E-state index in [-0.39, 0.29) is 21.0 Å². The van der Waals surface area contributed by atoms with Crippen LogP contribution < -0.4 is 5.32 Å². The van der Waals surface area contributed by atoms with Crippen LogP contribution in [0.2, 0.25) is 15.1 Å². The Balaban J connectivity index is 2.44. The minimum absolute atomic E-state index is 0.0507. The molecule has 4 nitrogen and oxygen atoms in total. The molecule has 118 valence electrons. The maximum atomic E-state index is 12.9. The molecule has 1 saturated heterocycles. The Morgan fingerprint density at radius 2 is 1.90 bits per heavy atom.